The Kier molecular flexibility index (Phi) is 6.79. The molecular formula is C21H25N3O3. The Morgan fingerprint density at radius 2 is 1.70 bits per heavy atom. The molecular weight excluding hydrogens is 342 g/mol. The van der Waals surface area contributed by atoms with Gasteiger partial charge < -0.3 is 15.4 Å². The van der Waals surface area contributed by atoms with Crippen molar-refractivity contribution in [3.8, 4) is 0 Å². The number of nitrogens with one attached hydrogen (secondary N) is 2. The Morgan fingerprint density at radius 1 is 1.00 bits per heavy atom. The highest BCUT2D eigenvalue weighted by molar-refractivity contribution is 5.92. The molecule has 0 spiro atoms. The molecule has 142 valence electrons. The topological polar surface area (TPSA) is 80.3 Å². The van der Waals surface area contributed by atoms with E-state index in [0.717, 1.165) is 36.9 Å². The molecule has 1 aliphatic carbocycles. The zero-order chi connectivity index (χ0) is 18.9. The number of aromatic nitrogens is 1. The molecule has 1 aromatic carbocycles. The van der Waals surface area contributed by atoms with E-state index >= 15 is 0 Å². The van der Waals surface area contributed by atoms with Gasteiger partial charge in [-0.2, -0.15) is 0 Å². The third-order valence-corrected chi connectivity index (χ3v) is 4.91. The molecule has 0 aliphatic heterocycles. The maximum atomic E-state index is 12.3. The fourth-order valence-corrected chi connectivity index (χ4v) is 3.31. The van der Waals surface area contributed by atoms with Crippen molar-refractivity contribution in [1.82, 2.24) is 10.3 Å². The number of benzene rings is 1. The first-order valence-electron chi connectivity index (χ1n) is 9.36. The molecule has 2 N–H and O–H groups in total. The Bertz CT molecular complexity index is 729. The molecule has 1 aliphatic rings. The Balaban J connectivity index is 1.33. The van der Waals surface area contributed by atoms with Gasteiger partial charge in [0.25, 0.3) is 0 Å². The van der Waals surface area contributed by atoms with Gasteiger partial charge in [-0.05, 0) is 49.3 Å². The first-order chi connectivity index (χ1) is 13.2. The van der Waals surface area contributed by atoms with Crippen LogP contribution in [0.3, 0.4) is 0 Å². The maximum Gasteiger partial charge on any atom is 0.407 e. The molecule has 6 heteroatoms. The smallest absolute Gasteiger partial charge is 0.407 e. The van der Waals surface area contributed by atoms with Gasteiger partial charge in [0.2, 0.25) is 5.91 Å². The number of pyridine rings is 1. The normalized spacial score (nSPS) is 19.1. The van der Waals surface area contributed by atoms with Crippen molar-refractivity contribution in [2.75, 3.05) is 11.9 Å². The van der Waals surface area contributed by atoms with Gasteiger partial charge in [-0.3, -0.25) is 9.78 Å². The van der Waals surface area contributed by atoms with E-state index in [1.165, 1.54) is 0 Å². The highest BCUT2D eigenvalue weighted by Crippen LogP contribution is 2.29. The van der Waals surface area contributed by atoms with Crippen molar-refractivity contribution in [1.29, 1.82) is 0 Å². The summed E-state index contributed by atoms with van der Waals surface area (Å²) >= 11 is 0. The van der Waals surface area contributed by atoms with Crippen LogP contribution in [0.1, 0.15) is 31.2 Å². The summed E-state index contributed by atoms with van der Waals surface area (Å²) in [6.45, 7) is 0.862. The average molecular weight is 367 g/mol. The number of hydrogen-bond donors (Lipinski definition) is 2. The van der Waals surface area contributed by atoms with Gasteiger partial charge in [0.1, 0.15) is 6.61 Å². The van der Waals surface area contributed by atoms with E-state index in [0.29, 0.717) is 12.5 Å². The van der Waals surface area contributed by atoms with Crippen LogP contribution in [-0.2, 0) is 16.1 Å². The first kappa shape index (κ1) is 18.9. The van der Waals surface area contributed by atoms with Crippen molar-refractivity contribution in [2.45, 2.75) is 32.3 Å². The highest BCUT2D eigenvalue weighted by Gasteiger charge is 2.26. The SMILES string of the molecule is O=C(NCC1CCC(C(=O)Nc2ccncc2)CC1)OCc1ccccc1. The summed E-state index contributed by atoms with van der Waals surface area (Å²) in [6, 6.07) is 13.2. The standard InChI is InChI=1S/C21H25N3O3/c25-20(24-19-10-12-22-13-11-19)18-8-6-16(7-9-18)14-23-21(26)27-15-17-4-2-1-3-5-17/h1-5,10-13,16,18H,6-9,14-15H2,(H,23,26)(H,22,24,25). The minimum Gasteiger partial charge on any atom is -0.445 e. The van der Waals surface area contributed by atoms with Crippen LogP contribution in [0.4, 0.5) is 10.5 Å². The molecule has 1 saturated carbocycles. The second-order valence-corrected chi connectivity index (χ2v) is 6.89. The predicted octanol–water partition coefficient (Wildman–Crippen LogP) is 3.75. The number of carbonyl (C=O) groups is 2. The number of rotatable bonds is 6. The van der Waals surface area contributed by atoms with Crippen LogP contribution in [0.5, 0.6) is 0 Å². The van der Waals surface area contributed by atoms with Crippen LogP contribution in [0.15, 0.2) is 54.9 Å². The van der Waals surface area contributed by atoms with Gasteiger partial charge in [0.05, 0.1) is 0 Å². The van der Waals surface area contributed by atoms with E-state index in [2.05, 4.69) is 15.6 Å². The number of carbonyl (C=O) groups excluding carboxylic acids is 2. The van der Waals surface area contributed by atoms with Crippen molar-refractivity contribution < 1.29 is 14.3 Å². The molecule has 2 aromatic rings. The number of alkyl carbamates (subject to hydrolysis) is 1. The fraction of sp³-hybridized carbons (Fsp3) is 0.381. The van der Waals surface area contributed by atoms with Crippen LogP contribution in [0, 0.1) is 11.8 Å². The lowest BCUT2D eigenvalue weighted by Crippen LogP contribution is -2.33. The van der Waals surface area contributed by atoms with E-state index in [4.69, 9.17) is 4.74 Å². The summed E-state index contributed by atoms with van der Waals surface area (Å²) in [4.78, 5) is 28.1. The van der Waals surface area contributed by atoms with Crippen LogP contribution in [-0.4, -0.2) is 23.5 Å². The summed E-state index contributed by atoms with van der Waals surface area (Å²) in [6.07, 6.45) is 6.45. The second kappa shape index (κ2) is 9.71. The largest absolute Gasteiger partial charge is 0.445 e. The van der Waals surface area contributed by atoms with Gasteiger partial charge in [-0.25, -0.2) is 4.79 Å². The molecule has 0 atom stereocenters. The quantitative estimate of drug-likeness (QED) is 0.815. The zero-order valence-corrected chi connectivity index (χ0v) is 15.3. The summed E-state index contributed by atoms with van der Waals surface area (Å²) in [5, 5.41) is 5.78. The van der Waals surface area contributed by atoms with Crippen LogP contribution < -0.4 is 10.6 Å². The summed E-state index contributed by atoms with van der Waals surface area (Å²) < 4.78 is 5.23. The lowest BCUT2D eigenvalue weighted by Gasteiger charge is -2.27. The molecule has 0 saturated heterocycles. The predicted molar refractivity (Wildman–Crippen MR) is 103 cm³/mol. The Hall–Kier alpha value is -2.89. The molecule has 3 rings (SSSR count). The molecule has 2 amide bonds. The highest BCUT2D eigenvalue weighted by atomic mass is 16.5. The fourth-order valence-electron chi connectivity index (χ4n) is 3.31. The van der Waals surface area contributed by atoms with Gasteiger partial charge in [-0.15, -0.1) is 0 Å². The van der Waals surface area contributed by atoms with Crippen molar-refractivity contribution in [2.24, 2.45) is 11.8 Å². The number of ether oxygens (including phenoxy) is 1. The van der Waals surface area contributed by atoms with Gasteiger partial charge in [0, 0.05) is 30.5 Å². The number of hydrogen-bond acceptors (Lipinski definition) is 4. The lowest BCUT2D eigenvalue weighted by atomic mass is 9.81. The third-order valence-electron chi connectivity index (χ3n) is 4.91. The third kappa shape index (κ3) is 6.09. The zero-order valence-electron chi connectivity index (χ0n) is 15.3. The van der Waals surface area contributed by atoms with E-state index in [1.807, 2.05) is 30.3 Å². The summed E-state index contributed by atoms with van der Waals surface area (Å²) in [5.74, 6) is 0.480. The molecule has 1 heterocycles. The minimum absolute atomic E-state index is 0.0273. The summed E-state index contributed by atoms with van der Waals surface area (Å²) in [5.41, 5.74) is 1.74. The second-order valence-electron chi connectivity index (χ2n) is 6.89. The van der Waals surface area contributed by atoms with Crippen LogP contribution >= 0.6 is 0 Å². The van der Waals surface area contributed by atoms with E-state index in [9.17, 15) is 9.59 Å². The van der Waals surface area contributed by atoms with Gasteiger partial charge >= 0.3 is 6.09 Å². The molecule has 6 nitrogen and oxygen atoms in total. The van der Waals surface area contributed by atoms with Crippen molar-refractivity contribution in [3.63, 3.8) is 0 Å². The van der Waals surface area contributed by atoms with Crippen molar-refractivity contribution >= 4 is 17.7 Å². The lowest BCUT2D eigenvalue weighted by molar-refractivity contribution is -0.121. The Labute approximate surface area is 159 Å². The van der Waals surface area contributed by atoms with E-state index in [-0.39, 0.29) is 18.4 Å². The maximum absolute atomic E-state index is 12.3. The minimum atomic E-state index is -0.392. The van der Waals surface area contributed by atoms with Crippen LogP contribution in [0.25, 0.3) is 0 Å². The summed E-state index contributed by atoms with van der Waals surface area (Å²) in [7, 11) is 0. The molecule has 0 bridgehead atoms. The monoisotopic (exact) mass is 367 g/mol. The number of anilines is 1. The Morgan fingerprint density at radius 3 is 2.41 bits per heavy atom. The van der Waals surface area contributed by atoms with Crippen molar-refractivity contribution in [3.05, 3.63) is 60.4 Å². The van der Waals surface area contributed by atoms with Gasteiger partial charge in [0.15, 0.2) is 0 Å². The molecule has 0 radical (unpaired) electrons. The molecule has 27 heavy (non-hydrogen) atoms. The number of nitrogens with zero attached hydrogens (tertiary/aromatic N) is 1. The first-order valence-corrected chi connectivity index (χ1v) is 9.36. The molecule has 1 aromatic heterocycles. The van der Waals surface area contributed by atoms with E-state index in [1.54, 1.807) is 24.5 Å². The molecule has 1 fully saturated rings. The van der Waals surface area contributed by atoms with Crippen LogP contribution in [0.2, 0.25) is 0 Å². The number of amides is 2. The molecule has 0 unspecified atom stereocenters. The van der Waals surface area contributed by atoms with Gasteiger partial charge in [-0.1, -0.05) is 30.3 Å². The van der Waals surface area contributed by atoms with E-state index < -0.39 is 6.09 Å². The average Bonchev–Trinajstić information content (AvgIpc) is 2.72.